The highest BCUT2D eigenvalue weighted by atomic mass is 32.2. The third kappa shape index (κ3) is 2.84. The molecule has 2 fully saturated rings. The Hall–Kier alpha value is -1.47. The Labute approximate surface area is 145 Å². The SMILES string of the molecule is CNc1ncnc2c1c(C)cn2C1CC(CN2CCS(=O)CC2)C1. The van der Waals surface area contributed by atoms with Gasteiger partial charge in [0.1, 0.15) is 17.8 Å². The maximum absolute atomic E-state index is 11.5. The van der Waals surface area contributed by atoms with Crippen LogP contribution in [0.1, 0.15) is 24.4 Å². The monoisotopic (exact) mass is 347 g/mol. The zero-order valence-electron chi connectivity index (χ0n) is 14.4. The van der Waals surface area contributed by atoms with Crippen LogP contribution < -0.4 is 5.32 Å². The highest BCUT2D eigenvalue weighted by Crippen LogP contribution is 2.41. The van der Waals surface area contributed by atoms with E-state index in [0.29, 0.717) is 6.04 Å². The van der Waals surface area contributed by atoms with Gasteiger partial charge in [0.2, 0.25) is 0 Å². The molecule has 2 aromatic rings. The number of hydrogen-bond donors (Lipinski definition) is 1. The lowest BCUT2D eigenvalue weighted by Crippen LogP contribution is -2.43. The Morgan fingerprint density at radius 1 is 1.29 bits per heavy atom. The number of nitrogens with zero attached hydrogens (tertiary/aromatic N) is 4. The molecule has 0 atom stereocenters. The van der Waals surface area contributed by atoms with Gasteiger partial charge in [-0.1, -0.05) is 0 Å². The van der Waals surface area contributed by atoms with E-state index in [4.69, 9.17) is 0 Å². The van der Waals surface area contributed by atoms with Gasteiger partial charge in [0.15, 0.2) is 0 Å². The van der Waals surface area contributed by atoms with Crippen LogP contribution in [0.2, 0.25) is 0 Å². The molecular weight excluding hydrogens is 322 g/mol. The van der Waals surface area contributed by atoms with Crippen LogP contribution in [0.25, 0.3) is 11.0 Å². The standard InChI is InChI=1S/C17H25N5OS/c1-12-9-22(17-15(12)16(18-2)19-11-20-17)14-7-13(8-14)10-21-3-5-24(23)6-4-21/h9,11,13-14H,3-8,10H2,1-2H3,(H,18,19,20). The number of fused-ring (bicyclic) bond motifs is 1. The number of aryl methyl sites for hydroxylation is 1. The predicted molar refractivity (Wildman–Crippen MR) is 97.9 cm³/mol. The minimum atomic E-state index is -0.579. The Bertz CT molecular complexity index is 758. The molecule has 4 rings (SSSR count). The minimum Gasteiger partial charge on any atom is -0.372 e. The molecule has 0 aromatic carbocycles. The van der Waals surface area contributed by atoms with Gasteiger partial charge in [0.25, 0.3) is 0 Å². The average Bonchev–Trinajstić information content (AvgIpc) is 2.89. The lowest BCUT2D eigenvalue weighted by atomic mass is 9.79. The van der Waals surface area contributed by atoms with E-state index < -0.39 is 10.8 Å². The Balaban J connectivity index is 1.44. The smallest absolute Gasteiger partial charge is 0.145 e. The van der Waals surface area contributed by atoms with Crippen LogP contribution in [0, 0.1) is 12.8 Å². The molecule has 1 saturated carbocycles. The first-order chi connectivity index (χ1) is 11.7. The van der Waals surface area contributed by atoms with E-state index in [1.54, 1.807) is 6.33 Å². The summed E-state index contributed by atoms with van der Waals surface area (Å²) in [5.41, 5.74) is 2.28. The fourth-order valence-corrected chi connectivity index (χ4v) is 5.17. The molecule has 0 amide bonds. The summed E-state index contributed by atoms with van der Waals surface area (Å²) in [7, 11) is 1.33. The van der Waals surface area contributed by atoms with Gasteiger partial charge >= 0.3 is 0 Å². The van der Waals surface area contributed by atoms with E-state index >= 15 is 0 Å². The summed E-state index contributed by atoms with van der Waals surface area (Å²) in [6.07, 6.45) is 6.29. The van der Waals surface area contributed by atoms with Crippen LogP contribution in [0.15, 0.2) is 12.5 Å². The van der Waals surface area contributed by atoms with Crippen LogP contribution in [-0.4, -0.2) is 61.8 Å². The van der Waals surface area contributed by atoms with Crippen LogP contribution in [-0.2, 0) is 10.8 Å². The lowest BCUT2D eigenvalue weighted by Gasteiger charge is -2.40. The third-order valence-corrected chi connectivity index (χ3v) is 6.70. The maximum atomic E-state index is 11.5. The summed E-state index contributed by atoms with van der Waals surface area (Å²) >= 11 is 0. The summed E-state index contributed by atoms with van der Waals surface area (Å²) < 4.78 is 13.8. The van der Waals surface area contributed by atoms with Crippen molar-refractivity contribution in [3.63, 3.8) is 0 Å². The predicted octanol–water partition coefficient (Wildman–Crippen LogP) is 1.80. The molecule has 0 radical (unpaired) electrons. The summed E-state index contributed by atoms with van der Waals surface area (Å²) in [4.78, 5) is 11.4. The fraction of sp³-hybridized carbons (Fsp3) is 0.647. The van der Waals surface area contributed by atoms with Gasteiger partial charge in [-0.3, -0.25) is 4.21 Å². The van der Waals surface area contributed by atoms with Crippen molar-refractivity contribution in [2.24, 2.45) is 5.92 Å². The first-order valence-electron chi connectivity index (χ1n) is 8.73. The molecule has 3 heterocycles. The van der Waals surface area contributed by atoms with E-state index in [2.05, 4.69) is 37.9 Å². The molecule has 1 aliphatic carbocycles. The molecular formula is C17H25N5OS. The first kappa shape index (κ1) is 16.0. The second kappa shape index (κ2) is 6.44. The third-order valence-electron chi connectivity index (χ3n) is 5.43. The van der Waals surface area contributed by atoms with Crippen molar-refractivity contribution < 1.29 is 4.21 Å². The van der Waals surface area contributed by atoms with Gasteiger partial charge in [-0.15, -0.1) is 0 Å². The zero-order chi connectivity index (χ0) is 16.7. The van der Waals surface area contributed by atoms with Crippen molar-refractivity contribution in [1.29, 1.82) is 0 Å². The van der Waals surface area contributed by atoms with E-state index in [9.17, 15) is 4.21 Å². The molecule has 2 aromatic heterocycles. The molecule has 7 heteroatoms. The Morgan fingerprint density at radius 3 is 2.75 bits per heavy atom. The molecule has 1 saturated heterocycles. The van der Waals surface area contributed by atoms with Crippen LogP contribution >= 0.6 is 0 Å². The summed E-state index contributed by atoms with van der Waals surface area (Å²) in [5, 5.41) is 4.31. The molecule has 0 bridgehead atoms. The normalized spacial score (nSPS) is 25.8. The van der Waals surface area contributed by atoms with Gasteiger partial charge in [0.05, 0.1) is 5.39 Å². The zero-order valence-corrected chi connectivity index (χ0v) is 15.2. The van der Waals surface area contributed by atoms with Gasteiger partial charge in [-0.2, -0.15) is 0 Å². The topological polar surface area (TPSA) is 63.1 Å². The van der Waals surface area contributed by atoms with Gasteiger partial charge in [-0.25, -0.2) is 9.97 Å². The lowest BCUT2D eigenvalue weighted by molar-refractivity contribution is 0.137. The molecule has 0 unspecified atom stereocenters. The minimum absolute atomic E-state index is 0.546. The maximum Gasteiger partial charge on any atom is 0.145 e. The second-order valence-corrected chi connectivity index (χ2v) is 8.73. The molecule has 6 nitrogen and oxygen atoms in total. The number of hydrogen-bond acceptors (Lipinski definition) is 5. The Kier molecular flexibility index (Phi) is 4.30. The van der Waals surface area contributed by atoms with Gasteiger partial charge in [-0.05, 0) is 31.2 Å². The number of nitrogens with one attached hydrogen (secondary N) is 1. The van der Waals surface area contributed by atoms with Gasteiger partial charge in [0, 0.05) is 61.2 Å². The molecule has 1 aliphatic heterocycles. The molecule has 2 aliphatic rings. The quantitative estimate of drug-likeness (QED) is 0.914. The molecule has 1 N–H and O–H groups in total. The summed E-state index contributed by atoms with van der Waals surface area (Å²) in [5.74, 6) is 3.36. The average molecular weight is 347 g/mol. The van der Waals surface area contributed by atoms with Crippen LogP contribution in [0.4, 0.5) is 5.82 Å². The first-order valence-corrected chi connectivity index (χ1v) is 10.2. The van der Waals surface area contributed by atoms with Crippen molar-refractivity contribution in [1.82, 2.24) is 19.4 Å². The Morgan fingerprint density at radius 2 is 2.04 bits per heavy atom. The number of anilines is 1. The largest absolute Gasteiger partial charge is 0.372 e. The molecule has 24 heavy (non-hydrogen) atoms. The van der Waals surface area contributed by atoms with Crippen molar-refractivity contribution >= 4 is 27.7 Å². The van der Waals surface area contributed by atoms with Crippen LogP contribution in [0.3, 0.4) is 0 Å². The van der Waals surface area contributed by atoms with E-state index in [1.807, 2.05) is 7.05 Å². The molecule has 130 valence electrons. The number of aromatic nitrogens is 3. The van der Waals surface area contributed by atoms with E-state index in [1.165, 1.54) is 18.4 Å². The summed E-state index contributed by atoms with van der Waals surface area (Å²) in [6, 6.07) is 0.546. The van der Waals surface area contributed by atoms with Crippen LogP contribution in [0.5, 0.6) is 0 Å². The number of rotatable bonds is 4. The van der Waals surface area contributed by atoms with E-state index in [0.717, 1.165) is 53.9 Å². The highest BCUT2D eigenvalue weighted by molar-refractivity contribution is 7.85. The van der Waals surface area contributed by atoms with E-state index in [-0.39, 0.29) is 0 Å². The summed E-state index contributed by atoms with van der Waals surface area (Å²) in [6.45, 7) is 5.28. The second-order valence-electron chi connectivity index (χ2n) is 7.03. The highest BCUT2D eigenvalue weighted by Gasteiger charge is 2.33. The van der Waals surface area contributed by atoms with Gasteiger partial charge < -0.3 is 14.8 Å². The van der Waals surface area contributed by atoms with Crippen molar-refractivity contribution in [3.05, 3.63) is 18.1 Å². The molecule has 0 spiro atoms. The van der Waals surface area contributed by atoms with Crippen molar-refractivity contribution in [3.8, 4) is 0 Å². The fourth-order valence-electron chi connectivity index (χ4n) is 4.04. The van der Waals surface area contributed by atoms with Crippen molar-refractivity contribution in [2.75, 3.05) is 43.5 Å². The van der Waals surface area contributed by atoms with Crippen molar-refractivity contribution in [2.45, 2.75) is 25.8 Å².